The molecule has 0 spiro atoms. The van der Waals surface area contributed by atoms with Crippen LogP contribution in [0.15, 0.2) is 82.0 Å². The monoisotopic (exact) mass is 520 g/mol. The second-order valence-corrected chi connectivity index (χ2v) is 9.77. The van der Waals surface area contributed by atoms with Gasteiger partial charge in [0.05, 0.1) is 30.3 Å². The van der Waals surface area contributed by atoms with Crippen molar-refractivity contribution in [3.63, 3.8) is 0 Å². The number of benzene rings is 2. The van der Waals surface area contributed by atoms with Crippen molar-refractivity contribution in [3.8, 4) is 11.5 Å². The summed E-state index contributed by atoms with van der Waals surface area (Å²) in [4.78, 5) is 34.6. The van der Waals surface area contributed by atoms with Gasteiger partial charge in [-0.15, -0.1) is 0 Å². The van der Waals surface area contributed by atoms with Crippen LogP contribution in [0.25, 0.3) is 0 Å². The Balaban J connectivity index is 1.66. The zero-order valence-electron chi connectivity index (χ0n) is 21.6. The molecule has 0 aliphatic carbocycles. The highest BCUT2D eigenvalue weighted by molar-refractivity contribution is 8.16. The first-order valence-corrected chi connectivity index (χ1v) is 13.1. The largest absolute Gasteiger partial charge is 0.463 e. The fourth-order valence-electron chi connectivity index (χ4n) is 4.17. The van der Waals surface area contributed by atoms with Crippen LogP contribution in [0.2, 0.25) is 0 Å². The number of nitrogens with zero attached hydrogens (tertiary/aromatic N) is 3. The molecule has 0 radical (unpaired) electrons. The molecule has 0 saturated carbocycles. The number of carbonyl (C=O) groups excluding carboxylic acids is 2. The Bertz CT molecular complexity index is 1240. The van der Waals surface area contributed by atoms with Crippen LogP contribution in [0.1, 0.15) is 31.9 Å². The minimum Gasteiger partial charge on any atom is -0.463 e. The van der Waals surface area contributed by atoms with Gasteiger partial charge in [0, 0.05) is 18.8 Å². The number of carbonyl (C=O) groups is 2. The number of fused-ring (bicyclic) bond motifs is 1. The minimum absolute atomic E-state index is 0.0844. The maximum atomic E-state index is 13.2. The van der Waals surface area contributed by atoms with E-state index in [0.29, 0.717) is 23.6 Å². The number of ether oxygens (including phenoxy) is 2. The van der Waals surface area contributed by atoms with E-state index >= 15 is 0 Å². The fraction of sp³-hybridized carbons (Fsp3) is 0.321. The third kappa shape index (κ3) is 6.42. The number of amides is 1. The van der Waals surface area contributed by atoms with E-state index in [1.54, 1.807) is 6.92 Å². The van der Waals surface area contributed by atoms with E-state index in [1.165, 1.54) is 11.8 Å². The number of hydrogen-bond donors (Lipinski definition) is 1. The minimum atomic E-state index is -0.512. The molecule has 0 aromatic heterocycles. The van der Waals surface area contributed by atoms with Crippen LogP contribution >= 0.6 is 11.8 Å². The van der Waals surface area contributed by atoms with Crippen LogP contribution in [0.4, 0.5) is 0 Å². The van der Waals surface area contributed by atoms with Crippen LogP contribution in [-0.4, -0.2) is 60.6 Å². The Morgan fingerprint density at radius 2 is 1.86 bits per heavy atom. The Hall–Kier alpha value is -3.56. The van der Waals surface area contributed by atoms with Gasteiger partial charge in [-0.25, -0.2) is 9.79 Å². The van der Waals surface area contributed by atoms with Gasteiger partial charge in [-0.1, -0.05) is 42.1 Å². The highest BCUT2D eigenvalue weighted by Crippen LogP contribution is 2.45. The van der Waals surface area contributed by atoms with Gasteiger partial charge >= 0.3 is 5.97 Å². The predicted molar refractivity (Wildman–Crippen MR) is 146 cm³/mol. The first kappa shape index (κ1) is 26.5. The van der Waals surface area contributed by atoms with Crippen LogP contribution in [0, 0.1) is 0 Å². The third-order valence-electron chi connectivity index (χ3n) is 5.87. The second kappa shape index (κ2) is 12.1. The zero-order chi connectivity index (χ0) is 26.4. The summed E-state index contributed by atoms with van der Waals surface area (Å²) in [6.45, 7) is 5.16. The lowest BCUT2D eigenvalue weighted by Gasteiger charge is -2.36. The van der Waals surface area contributed by atoms with Crippen molar-refractivity contribution in [2.45, 2.75) is 26.3 Å². The number of rotatable bonds is 10. The van der Waals surface area contributed by atoms with E-state index in [-0.39, 0.29) is 18.9 Å². The molecule has 2 aliphatic heterocycles. The molecule has 8 nitrogen and oxygen atoms in total. The third-order valence-corrected chi connectivity index (χ3v) is 6.76. The maximum absolute atomic E-state index is 13.2. The molecule has 37 heavy (non-hydrogen) atoms. The summed E-state index contributed by atoms with van der Waals surface area (Å²) in [7, 11) is 3.93. The van der Waals surface area contributed by atoms with Crippen molar-refractivity contribution in [2.24, 2.45) is 4.99 Å². The maximum Gasteiger partial charge on any atom is 0.338 e. The number of allylic oxidation sites excluding steroid dienone is 1. The van der Waals surface area contributed by atoms with Gasteiger partial charge in [0.2, 0.25) is 5.91 Å². The lowest BCUT2D eigenvalue weighted by atomic mass is 9.93. The highest BCUT2D eigenvalue weighted by atomic mass is 32.2. The molecular formula is C28H32N4O4S. The summed E-state index contributed by atoms with van der Waals surface area (Å²) in [5, 5.41) is 5.63. The average molecular weight is 521 g/mol. The van der Waals surface area contributed by atoms with Gasteiger partial charge < -0.3 is 24.6 Å². The first-order valence-electron chi connectivity index (χ1n) is 12.2. The lowest BCUT2D eigenvalue weighted by molar-refractivity contribution is -0.139. The molecule has 2 aliphatic rings. The van der Waals surface area contributed by atoms with Gasteiger partial charge in [0.1, 0.15) is 11.5 Å². The van der Waals surface area contributed by atoms with Gasteiger partial charge in [0.15, 0.2) is 5.17 Å². The van der Waals surface area contributed by atoms with Crippen molar-refractivity contribution in [2.75, 3.05) is 33.8 Å². The quantitative estimate of drug-likeness (QED) is 0.455. The number of nitrogens with one attached hydrogen (secondary N) is 1. The van der Waals surface area contributed by atoms with Gasteiger partial charge in [-0.3, -0.25) is 4.79 Å². The van der Waals surface area contributed by atoms with Crippen molar-refractivity contribution in [3.05, 3.63) is 82.5 Å². The molecule has 2 aromatic rings. The van der Waals surface area contributed by atoms with E-state index in [4.69, 9.17) is 14.5 Å². The Kier molecular flexibility index (Phi) is 8.68. The number of aliphatic imine (C=N–C) groups is 1. The summed E-state index contributed by atoms with van der Waals surface area (Å²) in [6.07, 6.45) is 0.172. The summed E-state index contributed by atoms with van der Waals surface area (Å²) in [5.74, 6) is 0.856. The molecular weight excluding hydrogens is 488 g/mol. The normalized spacial score (nSPS) is 16.8. The molecule has 9 heteroatoms. The Morgan fingerprint density at radius 1 is 1.11 bits per heavy atom. The van der Waals surface area contributed by atoms with Crippen molar-refractivity contribution >= 4 is 28.8 Å². The molecule has 2 heterocycles. The van der Waals surface area contributed by atoms with Gasteiger partial charge in [0.25, 0.3) is 0 Å². The second-order valence-electron chi connectivity index (χ2n) is 8.93. The van der Waals surface area contributed by atoms with E-state index < -0.39 is 12.0 Å². The summed E-state index contributed by atoms with van der Waals surface area (Å²) in [6, 6.07) is 16.7. The molecule has 4 rings (SSSR count). The zero-order valence-corrected chi connectivity index (χ0v) is 22.4. The highest BCUT2D eigenvalue weighted by Gasteiger charge is 2.41. The van der Waals surface area contributed by atoms with E-state index in [0.717, 1.165) is 28.7 Å². The predicted octanol–water partition coefficient (Wildman–Crippen LogP) is 4.68. The standard InChI is InChI=1S/C28H32N4O4S/c1-5-35-27(34)25-19(2)30-28-32(21(18-37-28)17-24(33)29-14-15-31(3)4)26(25)20-10-9-13-23(16-20)36-22-11-7-6-8-12-22/h6-13,16,18,26H,5,14-15,17H2,1-4H3,(H,29,33). The van der Waals surface area contributed by atoms with Gasteiger partial charge in [-0.2, -0.15) is 0 Å². The number of amidine groups is 1. The Morgan fingerprint density at radius 3 is 2.59 bits per heavy atom. The SMILES string of the molecule is CCOC(=O)C1=C(C)N=C2SC=C(CC(=O)NCCN(C)C)N2C1c1cccc(Oc2ccccc2)c1. The van der Waals surface area contributed by atoms with Crippen molar-refractivity contribution < 1.29 is 19.1 Å². The van der Waals surface area contributed by atoms with Crippen LogP contribution in [0.5, 0.6) is 11.5 Å². The lowest BCUT2D eigenvalue weighted by Crippen LogP contribution is -2.38. The van der Waals surface area contributed by atoms with E-state index in [9.17, 15) is 9.59 Å². The number of esters is 1. The summed E-state index contributed by atoms with van der Waals surface area (Å²) in [5.41, 5.74) is 2.66. The number of likely N-dealkylation sites (N-methyl/N-ethyl adjacent to an activating group) is 1. The van der Waals surface area contributed by atoms with Gasteiger partial charge in [-0.05, 0) is 63.2 Å². The van der Waals surface area contributed by atoms with Crippen LogP contribution < -0.4 is 10.1 Å². The Labute approximate surface area is 222 Å². The average Bonchev–Trinajstić information content (AvgIpc) is 3.25. The molecule has 1 atom stereocenters. The number of para-hydroxylation sites is 1. The van der Waals surface area contributed by atoms with E-state index in [1.807, 2.05) is 90.8 Å². The molecule has 0 saturated heterocycles. The topological polar surface area (TPSA) is 83.5 Å². The van der Waals surface area contributed by atoms with Crippen molar-refractivity contribution in [1.29, 1.82) is 0 Å². The molecule has 2 aromatic carbocycles. The molecule has 0 bridgehead atoms. The number of hydrogen-bond acceptors (Lipinski definition) is 8. The first-order chi connectivity index (χ1) is 17.9. The molecule has 194 valence electrons. The number of thioether (sulfide) groups is 1. The molecule has 0 fully saturated rings. The van der Waals surface area contributed by atoms with Crippen LogP contribution in [-0.2, 0) is 14.3 Å². The molecule has 1 N–H and O–H groups in total. The summed E-state index contributed by atoms with van der Waals surface area (Å²) < 4.78 is 11.5. The fourth-order valence-corrected chi connectivity index (χ4v) is 5.14. The van der Waals surface area contributed by atoms with E-state index in [2.05, 4.69) is 5.32 Å². The summed E-state index contributed by atoms with van der Waals surface area (Å²) >= 11 is 1.45. The smallest absolute Gasteiger partial charge is 0.338 e. The van der Waals surface area contributed by atoms with Crippen LogP contribution in [0.3, 0.4) is 0 Å². The molecule has 1 unspecified atom stereocenters. The molecule has 1 amide bonds. The van der Waals surface area contributed by atoms with Crippen molar-refractivity contribution in [1.82, 2.24) is 15.1 Å².